The Morgan fingerprint density at radius 1 is 1.20 bits per heavy atom. The van der Waals surface area contributed by atoms with Gasteiger partial charge in [-0.25, -0.2) is 13.8 Å². The predicted molar refractivity (Wildman–Crippen MR) is 70.6 cm³/mol. The maximum Gasteiger partial charge on any atom is 0.212 e. The minimum atomic E-state index is -0.759. The molecular weight excluding hydrogens is 264 g/mol. The lowest BCUT2D eigenvalue weighted by molar-refractivity contribution is 0.174. The highest BCUT2D eigenvalue weighted by Gasteiger charge is 2.11. The van der Waals surface area contributed by atoms with E-state index in [0.717, 1.165) is 11.6 Å². The van der Waals surface area contributed by atoms with Crippen molar-refractivity contribution in [3.8, 4) is 5.88 Å². The van der Waals surface area contributed by atoms with Gasteiger partial charge in [0.2, 0.25) is 5.88 Å². The number of aromatic nitrogens is 1. The maximum absolute atomic E-state index is 13.5. The first-order valence-corrected chi connectivity index (χ1v) is 6.19. The summed E-state index contributed by atoms with van der Waals surface area (Å²) in [7, 11) is 1.52. The molecule has 2 rings (SSSR count). The molecule has 0 bridgehead atoms. The van der Waals surface area contributed by atoms with Gasteiger partial charge in [0, 0.05) is 31.2 Å². The number of nitrogens with zero attached hydrogens (tertiary/aromatic N) is 1. The molecule has 0 saturated heterocycles. The Kier molecular flexibility index (Phi) is 4.63. The van der Waals surface area contributed by atoms with E-state index in [-0.39, 0.29) is 6.42 Å². The van der Waals surface area contributed by atoms with Crippen molar-refractivity contribution < 1.29 is 18.6 Å². The molecule has 5 heteroatoms. The molecule has 0 fully saturated rings. The number of methoxy groups -OCH3 is 1. The zero-order valence-electron chi connectivity index (χ0n) is 11.0. The van der Waals surface area contributed by atoms with Crippen molar-refractivity contribution in [1.29, 1.82) is 0 Å². The standard InChI is InChI=1S/C15H15F2NO2/c1-20-15-5-2-10(9-18-15)6-13(19)7-11-3-4-12(16)8-14(11)17/h2-5,8-9,13,19H,6-7H2,1H3. The third kappa shape index (κ3) is 3.74. The van der Waals surface area contributed by atoms with Crippen LogP contribution >= 0.6 is 0 Å². The van der Waals surface area contributed by atoms with Crippen LogP contribution in [-0.2, 0) is 12.8 Å². The van der Waals surface area contributed by atoms with Crippen LogP contribution in [0, 0.1) is 11.6 Å². The van der Waals surface area contributed by atoms with Crippen LogP contribution in [0.4, 0.5) is 8.78 Å². The molecule has 0 aliphatic rings. The van der Waals surface area contributed by atoms with Gasteiger partial charge in [-0.2, -0.15) is 0 Å². The summed E-state index contributed by atoms with van der Waals surface area (Å²) < 4.78 is 31.2. The van der Waals surface area contributed by atoms with Crippen LogP contribution in [0.25, 0.3) is 0 Å². The number of aliphatic hydroxyl groups is 1. The first-order chi connectivity index (χ1) is 9.58. The molecule has 1 N–H and O–H groups in total. The molecule has 1 unspecified atom stereocenters. The third-order valence-electron chi connectivity index (χ3n) is 2.95. The molecule has 0 aliphatic heterocycles. The van der Waals surface area contributed by atoms with Crippen molar-refractivity contribution in [2.75, 3.05) is 7.11 Å². The van der Waals surface area contributed by atoms with E-state index in [4.69, 9.17) is 4.74 Å². The Labute approximate surface area is 115 Å². The summed E-state index contributed by atoms with van der Waals surface area (Å²) in [5.41, 5.74) is 1.11. The van der Waals surface area contributed by atoms with Crippen LogP contribution in [0.5, 0.6) is 5.88 Å². The van der Waals surface area contributed by atoms with Crippen molar-refractivity contribution in [1.82, 2.24) is 4.98 Å². The molecule has 0 aliphatic carbocycles. The smallest absolute Gasteiger partial charge is 0.212 e. The zero-order valence-corrected chi connectivity index (χ0v) is 11.0. The molecule has 3 nitrogen and oxygen atoms in total. The Morgan fingerprint density at radius 3 is 2.60 bits per heavy atom. The van der Waals surface area contributed by atoms with E-state index in [0.29, 0.717) is 17.9 Å². The second kappa shape index (κ2) is 6.43. The van der Waals surface area contributed by atoms with E-state index in [9.17, 15) is 13.9 Å². The number of rotatable bonds is 5. The number of aliphatic hydroxyl groups excluding tert-OH is 1. The SMILES string of the molecule is COc1ccc(CC(O)Cc2ccc(F)cc2F)cn1. The van der Waals surface area contributed by atoms with Crippen LogP contribution in [0.1, 0.15) is 11.1 Å². The molecule has 1 aromatic carbocycles. The lowest BCUT2D eigenvalue weighted by Gasteiger charge is -2.11. The van der Waals surface area contributed by atoms with Crippen molar-refractivity contribution in [2.24, 2.45) is 0 Å². The molecule has 0 radical (unpaired) electrons. The van der Waals surface area contributed by atoms with E-state index < -0.39 is 17.7 Å². The van der Waals surface area contributed by atoms with Gasteiger partial charge >= 0.3 is 0 Å². The average molecular weight is 279 g/mol. The van der Waals surface area contributed by atoms with Gasteiger partial charge in [0.15, 0.2) is 0 Å². The average Bonchev–Trinajstić information content (AvgIpc) is 2.43. The second-order valence-electron chi connectivity index (χ2n) is 4.51. The second-order valence-corrected chi connectivity index (χ2v) is 4.51. The minimum Gasteiger partial charge on any atom is -0.481 e. The van der Waals surface area contributed by atoms with Crippen LogP contribution in [0.2, 0.25) is 0 Å². The molecule has 0 amide bonds. The summed E-state index contributed by atoms with van der Waals surface area (Å²) in [6, 6.07) is 6.83. The summed E-state index contributed by atoms with van der Waals surface area (Å²) in [4.78, 5) is 4.03. The van der Waals surface area contributed by atoms with Crippen LogP contribution in [0.15, 0.2) is 36.5 Å². The fourth-order valence-electron chi connectivity index (χ4n) is 1.94. The Hall–Kier alpha value is -2.01. The number of hydrogen-bond donors (Lipinski definition) is 1. The van der Waals surface area contributed by atoms with Crippen molar-refractivity contribution in [3.05, 3.63) is 59.3 Å². The highest BCUT2D eigenvalue weighted by Crippen LogP contribution is 2.14. The van der Waals surface area contributed by atoms with E-state index in [1.54, 1.807) is 18.3 Å². The summed E-state index contributed by atoms with van der Waals surface area (Å²) in [5.74, 6) is -0.773. The fourth-order valence-corrected chi connectivity index (χ4v) is 1.94. The molecule has 2 aromatic rings. The first-order valence-electron chi connectivity index (χ1n) is 6.19. The zero-order chi connectivity index (χ0) is 14.5. The largest absolute Gasteiger partial charge is 0.481 e. The summed E-state index contributed by atoms with van der Waals surface area (Å²) in [6.07, 6.45) is 1.31. The van der Waals surface area contributed by atoms with Gasteiger partial charge < -0.3 is 9.84 Å². The highest BCUT2D eigenvalue weighted by molar-refractivity contribution is 5.21. The molecule has 1 atom stereocenters. The number of pyridine rings is 1. The Balaban J connectivity index is 1.99. The van der Waals surface area contributed by atoms with Crippen molar-refractivity contribution in [3.63, 3.8) is 0 Å². The Morgan fingerprint density at radius 2 is 2.00 bits per heavy atom. The van der Waals surface area contributed by atoms with Gasteiger partial charge in [-0.05, 0) is 17.2 Å². The molecule has 1 aromatic heterocycles. The predicted octanol–water partition coefficient (Wildman–Crippen LogP) is 2.51. The number of ether oxygens (including phenoxy) is 1. The lowest BCUT2D eigenvalue weighted by Crippen LogP contribution is -2.15. The first kappa shape index (κ1) is 14.4. The van der Waals surface area contributed by atoms with E-state index in [2.05, 4.69) is 4.98 Å². The molecule has 1 heterocycles. The van der Waals surface area contributed by atoms with Gasteiger partial charge in [-0.1, -0.05) is 12.1 Å². The molecule has 0 spiro atoms. The van der Waals surface area contributed by atoms with Crippen molar-refractivity contribution >= 4 is 0 Å². The van der Waals surface area contributed by atoms with Crippen LogP contribution in [0.3, 0.4) is 0 Å². The summed E-state index contributed by atoms with van der Waals surface area (Å²) in [5, 5.41) is 9.96. The summed E-state index contributed by atoms with van der Waals surface area (Å²) in [6.45, 7) is 0. The van der Waals surface area contributed by atoms with Crippen LogP contribution < -0.4 is 4.74 Å². The van der Waals surface area contributed by atoms with Crippen molar-refractivity contribution in [2.45, 2.75) is 18.9 Å². The Bertz CT molecular complexity index is 573. The summed E-state index contributed by atoms with van der Waals surface area (Å²) >= 11 is 0. The lowest BCUT2D eigenvalue weighted by atomic mass is 10.0. The van der Waals surface area contributed by atoms with Gasteiger partial charge in [0.1, 0.15) is 11.6 Å². The molecule has 106 valence electrons. The topological polar surface area (TPSA) is 42.4 Å². The molecular formula is C15H15F2NO2. The van der Waals surface area contributed by atoms with Gasteiger partial charge in [0.25, 0.3) is 0 Å². The maximum atomic E-state index is 13.5. The normalized spacial score (nSPS) is 12.2. The number of benzene rings is 1. The number of hydrogen-bond acceptors (Lipinski definition) is 3. The van der Waals surface area contributed by atoms with E-state index >= 15 is 0 Å². The molecule has 0 saturated carbocycles. The fraction of sp³-hybridized carbons (Fsp3) is 0.267. The quantitative estimate of drug-likeness (QED) is 0.914. The van der Waals surface area contributed by atoms with E-state index in [1.807, 2.05) is 0 Å². The minimum absolute atomic E-state index is 0.123. The van der Waals surface area contributed by atoms with Gasteiger partial charge in [-0.3, -0.25) is 0 Å². The third-order valence-corrected chi connectivity index (χ3v) is 2.95. The molecule has 20 heavy (non-hydrogen) atoms. The van der Waals surface area contributed by atoms with Gasteiger partial charge in [-0.15, -0.1) is 0 Å². The van der Waals surface area contributed by atoms with Gasteiger partial charge in [0.05, 0.1) is 13.2 Å². The monoisotopic (exact) mass is 279 g/mol. The highest BCUT2D eigenvalue weighted by atomic mass is 19.1. The van der Waals surface area contributed by atoms with E-state index in [1.165, 1.54) is 19.2 Å². The number of halogens is 2. The van der Waals surface area contributed by atoms with Crippen LogP contribution in [-0.4, -0.2) is 23.3 Å².